The molecule has 0 fully saturated rings. The minimum Gasteiger partial charge on any atom is -0.497 e. The summed E-state index contributed by atoms with van der Waals surface area (Å²) in [6.07, 6.45) is 1.69. The van der Waals surface area contributed by atoms with Crippen LogP contribution in [0.3, 0.4) is 0 Å². The number of carbonyl (C=O) groups is 2. The second kappa shape index (κ2) is 14.3. The first-order valence-electron chi connectivity index (χ1n) is 13.1. The third kappa shape index (κ3) is 7.83. The van der Waals surface area contributed by atoms with Crippen molar-refractivity contribution in [2.75, 3.05) is 31.0 Å². The highest BCUT2D eigenvalue weighted by Gasteiger charge is 2.33. The Balaban J connectivity index is 1.97. The lowest BCUT2D eigenvalue weighted by Crippen LogP contribution is -2.53. The monoisotopic (exact) mass is 551 g/mol. The van der Waals surface area contributed by atoms with Crippen LogP contribution in [0.4, 0.5) is 5.69 Å². The summed E-state index contributed by atoms with van der Waals surface area (Å²) in [6, 6.07) is 23.5. The van der Waals surface area contributed by atoms with Crippen LogP contribution in [0.5, 0.6) is 5.75 Å². The molecule has 0 unspecified atom stereocenters. The third-order valence-electron chi connectivity index (χ3n) is 6.39. The molecule has 0 spiro atoms. The van der Waals surface area contributed by atoms with Crippen LogP contribution in [0.1, 0.15) is 32.3 Å². The fourth-order valence-corrected chi connectivity index (χ4v) is 5.67. The highest BCUT2D eigenvalue weighted by atomic mass is 32.2. The normalized spacial score (nSPS) is 11.9. The molecule has 0 saturated heterocycles. The molecule has 1 atom stereocenters. The quantitative estimate of drug-likeness (QED) is 0.323. The molecule has 3 aromatic rings. The first-order chi connectivity index (χ1) is 18.8. The molecule has 3 rings (SSSR count). The van der Waals surface area contributed by atoms with Gasteiger partial charge in [-0.3, -0.25) is 13.9 Å². The SMILES string of the molecule is CCCNC(=O)[C@H](CC)N(CCc1ccccc1)C(=O)CN(c1ccccc1)S(=O)(=O)c1ccc(OC)cc1. The van der Waals surface area contributed by atoms with Gasteiger partial charge in [-0.2, -0.15) is 0 Å². The fourth-order valence-electron chi connectivity index (χ4n) is 4.26. The van der Waals surface area contributed by atoms with Crippen molar-refractivity contribution in [1.82, 2.24) is 10.2 Å². The summed E-state index contributed by atoms with van der Waals surface area (Å²) in [5.41, 5.74) is 1.37. The van der Waals surface area contributed by atoms with E-state index in [1.54, 1.807) is 42.5 Å². The number of hydrogen-bond donors (Lipinski definition) is 1. The number of methoxy groups -OCH3 is 1. The van der Waals surface area contributed by atoms with E-state index in [-0.39, 0.29) is 17.3 Å². The highest BCUT2D eigenvalue weighted by Crippen LogP contribution is 2.25. The van der Waals surface area contributed by atoms with E-state index in [4.69, 9.17) is 4.74 Å². The van der Waals surface area contributed by atoms with Crippen molar-refractivity contribution in [3.8, 4) is 5.75 Å². The Bertz CT molecular complexity index is 1300. The summed E-state index contributed by atoms with van der Waals surface area (Å²) in [5.74, 6) is -0.178. The van der Waals surface area contributed by atoms with E-state index in [0.717, 1.165) is 16.3 Å². The number of hydrogen-bond acceptors (Lipinski definition) is 5. The average Bonchev–Trinajstić information content (AvgIpc) is 2.97. The lowest BCUT2D eigenvalue weighted by molar-refractivity contribution is -0.139. The van der Waals surface area contributed by atoms with E-state index in [0.29, 0.717) is 30.8 Å². The van der Waals surface area contributed by atoms with Crippen molar-refractivity contribution in [3.05, 3.63) is 90.5 Å². The largest absolute Gasteiger partial charge is 0.497 e. The van der Waals surface area contributed by atoms with Crippen LogP contribution in [-0.2, 0) is 26.0 Å². The second-order valence-corrected chi connectivity index (χ2v) is 10.9. The number of para-hydroxylation sites is 1. The Morgan fingerprint density at radius 1 is 0.897 bits per heavy atom. The number of anilines is 1. The molecule has 0 aliphatic heterocycles. The zero-order chi connectivity index (χ0) is 28.3. The van der Waals surface area contributed by atoms with Gasteiger partial charge in [0.15, 0.2) is 0 Å². The van der Waals surface area contributed by atoms with Crippen LogP contribution in [0.2, 0.25) is 0 Å². The van der Waals surface area contributed by atoms with Crippen molar-refractivity contribution in [2.45, 2.75) is 44.0 Å². The van der Waals surface area contributed by atoms with E-state index in [1.165, 1.54) is 24.1 Å². The first-order valence-corrected chi connectivity index (χ1v) is 14.6. The van der Waals surface area contributed by atoms with Crippen molar-refractivity contribution >= 4 is 27.5 Å². The minimum atomic E-state index is -4.11. The summed E-state index contributed by atoms with van der Waals surface area (Å²) in [6.45, 7) is 4.12. The summed E-state index contributed by atoms with van der Waals surface area (Å²) in [4.78, 5) is 28.5. The molecule has 0 aromatic heterocycles. The van der Waals surface area contributed by atoms with Crippen molar-refractivity contribution in [2.24, 2.45) is 0 Å². The number of nitrogens with one attached hydrogen (secondary N) is 1. The summed E-state index contributed by atoms with van der Waals surface area (Å²) in [7, 11) is -2.61. The van der Waals surface area contributed by atoms with Crippen LogP contribution in [-0.4, -0.2) is 57.9 Å². The molecule has 0 heterocycles. The third-order valence-corrected chi connectivity index (χ3v) is 8.18. The molecular weight excluding hydrogens is 514 g/mol. The predicted molar refractivity (Wildman–Crippen MR) is 153 cm³/mol. The lowest BCUT2D eigenvalue weighted by Gasteiger charge is -2.33. The molecule has 0 aliphatic carbocycles. The topological polar surface area (TPSA) is 96.0 Å². The molecule has 2 amide bonds. The zero-order valence-corrected chi connectivity index (χ0v) is 23.6. The molecule has 39 heavy (non-hydrogen) atoms. The van der Waals surface area contributed by atoms with Gasteiger partial charge in [-0.15, -0.1) is 0 Å². The van der Waals surface area contributed by atoms with Crippen LogP contribution < -0.4 is 14.4 Å². The maximum atomic E-state index is 13.9. The Labute approximate surface area is 231 Å². The number of ether oxygens (including phenoxy) is 1. The number of benzene rings is 3. The van der Waals surface area contributed by atoms with Crippen LogP contribution >= 0.6 is 0 Å². The van der Waals surface area contributed by atoms with Crippen molar-refractivity contribution < 1.29 is 22.7 Å². The molecular formula is C30H37N3O5S. The number of rotatable bonds is 14. The van der Waals surface area contributed by atoms with Gasteiger partial charge in [-0.1, -0.05) is 62.4 Å². The van der Waals surface area contributed by atoms with E-state index >= 15 is 0 Å². The van der Waals surface area contributed by atoms with E-state index in [9.17, 15) is 18.0 Å². The van der Waals surface area contributed by atoms with Crippen LogP contribution in [0.15, 0.2) is 89.8 Å². The summed E-state index contributed by atoms with van der Waals surface area (Å²) < 4.78 is 33.9. The van der Waals surface area contributed by atoms with Gasteiger partial charge in [0.05, 0.1) is 17.7 Å². The molecule has 0 saturated carbocycles. The molecule has 9 heteroatoms. The Hall–Kier alpha value is -3.85. The van der Waals surface area contributed by atoms with Gasteiger partial charge in [0, 0.05) is 13.1 Å². The maximum absolute atomic E-state index is 13.9. The second-order valence-electron chi connectivity index (χ2n) is 9.06. The molecule has 8 nitrogen and oxygen atoms in total. The van der Waals surface area contributed by atoms with Gasteiger partial charge in [-0.05, 0) is 61.2 Å². The number of carbonyl (C=O) groups excluding carboxylic acids is 2. The van der Waals surface area contributed by atoms with E-state index in [2.05, 4.69) is 5.32 Å². The molecule has 0 bridgehead atoms. The molecule has 0 aliphatic rings. The van der Waals surface area contributed by atoms with Crippen molar-refractivity contribution in [1.29, 1.82) is 0 Å². The standard InChI is InChI=1S/C30H37N3O5S/c1-4-21-31-30(35)28(5-2)32(22-20-24-12-8-6-9-13-24)29(34)23-33(25-14-10-7-11-15-25)39(36,37)27-18-16-26(38-3)17-19-27/h6-19,28H,4-5,20-23H2,1-3H3,(H,31,35)/t28-/m0/s1. The van der Waals surface area contributed by atoms with E-state index < -0.39 is 28.5 Å². The number of amides is 2. The minimum absolute atomic E-state index is 0.0310. The van der Waals surface area contributed by atoms with Gasteiger partial charge in [-0.25, -0.2) is 8.42 Å². The van der Waals surface area contributed by atoms with Gasteiger partial charge >= 0.3 is 0 Å². The van der Waals surface area contributed by atoms with Gasteiger partial charge in [0.2, 0.25) is 11.8 Å². The van der Waals surface area contributed by atoms with Crippen molar-refractivity contribution in [3.63, 3.8) is 0 Å². The predicted octanol–water partition coefficient (Wildman–Crippen LogP) is 4.27. The molecule has 0 radical (unpaired) electrons. The first kappa shape index (κ1) is 29.7. The molecule has 1 N–H and O–H groups in total. The van der Waals surface area contributed by atoms with E-state index in [1.807, 2.05) is 44.2 Å². The summed E-state index contributed by atoms with van der Waals surface area (Å²) in [5, 5.41) is 2.89. The van der Waals surface area contributed by atoms with Gasteiger partial charge < -0.3 is 15.0 Å². The zero-order valence-electron chi connectivity index (χ0n) is 22.7. The Kier molecular flexibility index (Phi) is 10.9. The Morgan fingerprint density at radius 2 is 1.51 bits per heavy atom. The van der Waals surface area contributed by atoms with Crippen LogP contribution in [0.25, 0.3) is 0 Å². The highest BCUT2D eigenvalue weighted by molar-refractivity contribution is 7.92. The van der Waals surface area contributed by atoms with Gasteiger partial charge in [0.25, 0.3) is 10.0 Å². The van der Waals surface area contributed by atoms with Gasteiger partial charge in [0.1, 0.15) is 18.3 Å². The Morgan fingerprint density at radius 3 is 2.08 bits per heavy atom. The van der Waals surface area contributed by atoms with Crippen LogP contribution in [0, 0.1) is 0 Å². The fraction of sp³-hybridized carbons (Fsp3) is 0.333. The number of sulfonamides is 1. The maximum Gasteiger partial charge on any atom is 0.264 e. The average molecular weight is 552 g/mol. The smallest absolute Gasteiger partial charge is 0.264 e. The molecule has 3 aromatic carbocycles. The molecule has 208 valence electrons. The summed E-state index contributed by atoms with van der Waals surface area (Å²) >= 11 is 0. The lowest BCUT2D eigenvalue weighted by atomic mass is 10.1. The number of nitrogens with zero attached hydrogens (tertiary/aromatic N) is 2.